The Morgan fingerprint density at radius 1 is 0.217 bits per heavy atom. The second-order valence-corrected chi connectivity index (χ2v) is 41.2. The highest BCUT2D eigenvalue weighted by Gasteiger charge is 2.47. The summed E-state index contributed by atoms with van der Waals surface area (Å²) in [5.74, 6) is 0. The summed E-state index contributed by atoms with van der Waals surface area (Å²) in [4.78, 5) is 5.52. The molecule has 0 atom stereocenters. The molecule has 0 bridgehead atoms. The van der Waals surface area contributed by atoms with Crippen molar-refractivity contribution in [2.45, 2.75) is 131 Å². The SMILES string of the molecule is CC(C)(C)c1cc(-c2ccccc2)c(N2c3cc(C(C)(C)C)ccc3B3c4cc(-c5cc(-c6ccccc6)cc(-c6ccccc6)c5)ccc4N(c4c(-c5cccc6oc7ccccc7c56)cc(C(C)(C)C)cc4-c4cccc5oc6ccccc6c45)c4cc(-n5c6ccc(C(C)(C)C)cc6c6cc(C(C)(C)C)ccc65)cc2c43)c(-c2cccc3oc4ccccc4c23)c1. The van der Waals surface area contributed by atoms with E-state index in [9.17, 15) is 0 Å². The molecule has 0 aliphatic carbocycles. The van der Waals surface area contributed by atoms with Crippen LogP contribution < -0.4 is 26.2 Å². The topological polar surface area (TPSA) is 50.8 Å². The zero-order valence-corrected chi connectivity index (χ0v) is 76.1. The number of fused-ring (bicyclic) bond motifs is 16. The fourth-order valence-corrected chi connectivity index (χ4v) is 20.9. The van der Waals surface area contributed by atoms with Crippen molar-refractivity contribution < 1.29 is 13.3 Å². The van der Waals surface area contributed by atoms with Crippen LogP contribution in [0.5, 0.6) is 0 Å². The minimum Gasteiger partial charge on any atom is -0.456 e. The Labute approximate surface area is 755 Å². The molecule has 0 N–H and O–H groups in total. The molecule has 0 amide bonds. The standard InChI is InChI=1S/C122H102BN3O3/c1-118(2,3)80-54-58-100-93(64-80)94-65-81(119(4,5)6)55-59-101(94)124(100)85-71-104-115-105(72-85)126(116-92(75-38-23-18-24-39-75)66-83(121(10,11)12)67-95(116)86-43-31-49-109-112(86)89-40-25-28-46-106(89)127-109)103-70-82(120(7,8)9)53-56-98(103)123(115)99-63-76(79-61-77(73-34-19-16-20-35-73)60-78(62-79)74-36-21-17-22-37-74)52-57-102(99)125(104)117-96(87-44-32-50-110-113(87)90-41-26-29-47-107(90)128-110)68-84(122(13,14)15)69-97(117)88-45-33-51-111-114(88)91-42-27-30-48-108(91)129-111/h16-72H,1-15H3. The number of para-hydroxylation sites is 3. The maximum atomic E-state index is 7.11. The summed E-state index contributed by atoms with van der Waals surface area (Å²) >= 11 is 0. The van der Waals surface area contributed by atoms with Crippen molar-refractivity contribution in [3.8, 4) is 83.6 Å². The van der Waals surface area contributed by atoms with Gasteiger partial charge in [-0.05, 0) is 254 Å². The zero-order valence-electron chi connectivity index (χ0n) is 76.1. The molecule has 2 aliphatic heterocycles. The summed E-state index contributed by atoms with van der Waals surface area (Å²) in [6.07, 6.45) is 0. The molecule has 17 aromatic carbocycles. The molecule has 0 radical (unpaired) electrons. The summed E-state index contributed by atoms with van der Waals surface area (Å²) in [6, 6.07) is 131. The highest BCUT2D eigenvalue weighted by atomic mass is 16.3. The molecular formula is C122H102BN3O3. The van der Waals surface area contributed by atoms with Gasteiger partial charge in [-0.15, -0.1) is 0 Å². The maximum Gasteiger partial charge on any atom is 0.252 e. The average molecular weight is 1670 g/mol. The van der Waals surface area contributed by atoms with Crippen LogP contribution in [-0.4, -0.2) is 11.3 Å². The van der Waals surface area contributed by atoms with Gasteiger partial charge >= 0.3 is 0 Å². The molecule has 6 nitrogen and oxygen atoms in total. The van der Waals surface area contributed by atoms with Crippen LogP contribution in [0.3, 0.4) is 0 Å². The highest BCUT2D eigenvalue weighted by Crippen LogP contribution is 2.59. The fraction of sp³-hybridized carbons (Fsp3) is 0.164. The summed E-state index contributed by atoms with van der Waals surface area (Å²) in [7, 11) is 0. The first-order chi connectivity index (χ1) is 62.1. The Balaban J connectivity index is 0.955. The molecule has 21 aromatic rings. The summed E-state index contributed by atoms with van der Waals surface area (Å²) in [5.41, 5.74) is 38.5. The lowest BCUT2D eigenvalue weighted by molar-refractivity contribution is 0.590. The second kappa shape index (κ2) is 29.1. The molecule has 7 heteroatoms. The van der Waals surface area contributed by atoms with E-state index in [1.54, 1.807) is 0 Å². The lowest BCUT2D eigenvalue weighted by Crippen LogP contribution is -2.61. The van der Waals surface area contributed by atoms with E-state index in [4.69, 9.17) is 13.3 Å². The Morgan fingerprint density at radius 2 is 0.574 bits per heavy atom. The molecule has 0 saturated carbocycles. The molecule has 0 fully saturated rings. The summed E-state index contributed by atoms with van der Waals surface area (Å²) < 4.78 is 23.9. The summed E-state index contributed by atoms with van der Waals surface area (Å²) in [5, 5.41) is 8.76. The number of anilines is 6. The number of benzene rings is 17. The molecule has 0 spiro atoms. The van der Waals surface area contributed by atoms with Crippen LogP contribution in [0.2, 0.25) is 0 Å². The van der Waals surface area contributed by atoms with Gasteiger partial charge in [0.1, 0.15) is 33.5 Å². The van der Waals surface area contributed by atoms with Gasteiger partial charge < -0.3 is 27.6 Å². The second-order valence-electron chi connectivity index (χ2n) is 41.2. The van der Waals surface area contributed by atoms with Crippen molar-refractivity contribution in [3.63, 3.8) is 0 Å². The maximum absolute atomic E-state index is 7.11. The predicted molar refractivity (Wildman–Crippen MR) is 548 cm³/mol. The third kappa shape index (κ3) is 12.9. The van der Waals surface area contributed by atoms with Crippen molar-refractivity contribution in [1.82, 2.24) is 4.57 Å². The molecule has 4 aromatic heterocycles. The predicted octanol–water partition coefficient (Wildman–Crippen LogP) is 32.7. The molecule has 626 valence electrons. The van der Waals surface area contributed by atoms with Crippen LogP contribution in [0.15, 0.2) is 359 Å². The molecule has 23 rings (SSSR count). The zero-order chi connectivity index (χ0) is 88.2. The molecular weight excluding hydrogens is 1570 g/mol. The van der Waals surface area contributed by atoms with Crippen molar-refractivity contribution in [3.05, 3.63) is 374 Å². The average Bonchev–Trinajstić information content (AvgIpc) is 1.04. The monoisotopic (exact) mass is 1670 g/mol. The van der Waals surface area contributed by atoms with E-state index in [0.717, 1.165) is 195 Å². The van der Waals surface area contributed by atoms with Gasteiger partial charge in [-0.1, -0.05) is 322 Å². The molecule has 129 heavy (non-hydrogen) atoms. The smallest absolute Gasteiger partial charge is 0.252 e. The van der Waals surface area contributed by atoms with Gasteiger partial charge in [-0.25, -0.2) is 0 Å². The Hall–Kier alpha value is -14.4. The minimum atomic E-state index is -0.398. The van der Waals surface area contributed by atoms with Gasteiger partial charge in [0.05, 0.1) is 28.1 Å². The normalized spacial score (nSPS) is 13.2. The number of nitrogens with zero attached hydrogens (tertiary/aromatic N) is 3. The Kier molecular flexibility index (Phi) is 17.9. The van der Waals surface area contributed by atoms with Gasteiger partial charge in [0.25, 0.3) is 6.71 Å². The van der Waals surface area contributed by atoms with Crippen molar-refractivity contribution in [1.29, 1.82) is 0 Å². The van der Waals surface area contributed by atoms with Crippen LogP contribution >= 0.6 is 0 Å². The number of rotatable bonds is 10. The van der Waals surface area contributed by atoms with Crippen LogP contribution in [0.1, 0.15) is 132 Å². The van der Waals surface area contributed by atoms with E-state index in [1.165, 1.54) is 55.0 Å². The van der Waals surface area contributed by atoms with E-state index in [-0.39, 0.29) is 27.1 Å². The lowest BCUT2D eigenvalue weighted by atomic mass is 9.33. The van der Waals surface area contributed by atoms with Crippen molar-refractivity contribution >= 4 is 145 Å². The lowest BCUT2D eigenvalue weighted by Gasteiger charge is -2.46. The van der Waals surface area contributed by atoms with Crippen molar-refractivity contribution in [2.75, 3.05) is 9.80 Å². The van der Waals surface area contributed by atoms with E-state index in [1.807, 2.05) is 0 Å². The first-order valence-corrected chi connectivity index (χ1v) is 45.7. The van der Waals surface area contributed by atoms with Crippen LogP contribution in [0, 0.1) is 0 Å². The largest absolute Gasteiger partial charge is 0.456 e. The Bertz CT molecular complexity index is 7940. The van der Waals surface area contributed by atoms with E-state index < -0.39 is 6.71 Å². The van der Waals surface area contributed by atoms with Gasteiger partial charge in [0.15, 0.2) is 0 Å². The van der Waals surface area contributed by atoms with Crippen LogP contribution in [0.25, 0.3) is 171 Å². The Morgan fingerprint density at radius 3 is 1.00 bits per heavy atom. The first kappa shape index (κ1) is 79.3. The molecule has 6 heterocycles. The van der Waals surface area contributed by atoms with Crippen molar-refractivity contribution in [2.24, 2.45) is 0 Å². The molecule has 2 aliphatic rings. The van der Waals surface area contributed by atoms with Gasteiger partial charge in [-0.3, -0.25) is 0 Å². The fourth-order valence-electron chi connectivity index (χ4n) is 20.9. The van der Waals surface area contributed by atoms with Gasteiger partial charge in [-0.2, -0.15) is 0 Å². The minimum absolute atomic E-state index is 0.153. The molecule has 0 unspecified atom stereocenters. The number of aromatic nitrogens is 1. The number of furan rings is 3. The third-order valence-corrected chi connectivity index (χ3v) is 27.7. The van der Waals surface area contributed by atoms with Gasteiger partial charge in [0, 0.05) is 88.1 Å². The first-order valence-electron chi connectivity index (χ1n) is 45.7. The summed E-state index contributed by atoms with van der Waals surface area (Å²) in [6.45, 7) is 35.0. The van der Waals surface area contributed by atoms with E-state index in [2.05, 4.69) is 464 Å². The number of hydrogen-bond acceptors (Lipinski definition) is 5. The molecule has 0 saturated heterocycles. The third-order valence-electron chi connectivity index (χ3n) is 27.7. The van der Waals surface area contributed by atoms with E-state index >= 15 is 0 Å². The number of hydrogen-bond donors (Lipinski definition) is 0. The van der Waals surface area contributed by atoms with Crippen LogP contribution in [-0.2, 0) is 27.1 Å². The van der Waals surface area contributed by atoms with Crippen LogP contribution in [0.4, 0.5) is 34.1 Å². The van der Waals surface area contributed by atoms with Gasteiger partial charge in [0.2, 0.25) is 0 Å². The van der Waals surface area contributed by atoms with E-state index in [0.29, 0.717) is 0 Å². The highest BCUT2D eigenvalue weighted by molar-refractivity contribution is 7.00. The quantitative estimate of drug-likeness (QED) is 0.128.